The van der Waals surface area contributed by atoms with Gasteiger partial charge in [0.25, 0.3) is 0 Å². The Bertz CT molecular complexity index is 581. The number of thiazole rings is 1. The minimum Gasteiger partial charge on any atom is -0.496 e. The van der Waals surface area contributed by atoms with Crippen molar-refractivity contribution in [2.75, 3.05) is 7.11 Å². The molecule has 2 rings (SSSR count). The van der Waals surface area contributed by atoms with Crippen LogP contribution in [-0.4, -0.2) is 18.0 Å². The largest absolute Gasteiger partial charge is 0.496 e. The van der Waals surface area contributed by atoms with E-state index < -0.39 is 0 Å². The Labute approximate surface area is 122 Å². The molecule has 0 bridgehead atoms. The number of ether oxygens (including phenoxy) is 1. The first-order valence-corrected chi connectivity index (χ1v) is 7.36. The van der Waals surface area contributed by atoms with Crippen LogP contribution >= 0.6 is 11.3 Å². The minimum atomic E-state index is 0.0313. The summed E-state index contributed by atoms with van der Waals surface area (Å²) >= 11 is 1.60. The van der Waals surface area contributed by atoms with Crippen molar-refractivity contribution in [1.29, 1.82) is 0 Å². The molecule has 0 spiro atoms. The highest BCUT2D eigenvalue weighted by atomic mass is 32.1. The molecule has 0 saturated carbocycles. The zero-order valence-electron chi connectivity index (χ0n) is 11.7. The maximum absolute atomic E-state index is 11.8. The number of rotatable bonds is 6. The Kier molecular flexibility index (Phi) is 5.12. The zero-order chi connectivity index (χ0) is 14.4. The summed E-state index contributed by atoms with van der Waals surface area (Å²) in [7, 11) is 1.63. The van der Waals surface area contributed by atoms with E-state index in [4.69, 9.17) is 4.74 Å². The molecule has 0 unspecified atom stereocenters. The minimum absolute atomic E-state index is 0.0313. The number of nitrogens with zero attached hydrogens (tertiary/aromatic N) is 1. The Morgan fingerprint density at radius 1 is 1.40 bits per heavy atom. The lowest BCUT2D eigenvalue weighted by Crippen LogP contribution is -2.23. The quantitative estimate of drug-likeness (QED) is 0.890. The molecule has 1 aromatic carbocycles. The molecule has 0 aliphatic carbocycles. The van der Waals surface area contributed by atoms with E-state index in [2.05, 4.69) is 10.3 Å². The van der Waals surface area contributed by atoms with Crippen molar-refractivity contribution in [3.63, 3.8) is 0 Å². The maximum Gasteiger partial charge on any atom is 0.220 e. The fraction of sp³-hybridized carbons (Fsp3) is 0.333. The lowest BCUT2D eigenvalue weighted by Gasteiger charge is -2.09. The number of hydrogen-bond donors (Lipinski definition) is 1. The topological polar surface area (TPSA) is 51.2 Å². The fourth-order valence-electron chi connectivity index (χ4n) is 1.87. The third-order valence-electron chi connectivity index (χ3n) is 2.90. The molecule has 0 fully saturated rings. The monoisotopic (exact) mass is 290 g/mol. The molecule has 1 N–H and O–H groups in total. The summed E-state index contributed by atoms with van der Waals surface area (Å²) in [6.45, 7) is 2.45. The number of nitrogens with one attached hydrogen (secondary N) is 1. The van der Waals surface area contributed by atoms with Gasteiger partial charge in [0.05, 0.1) is 12.1 Å². The third kappa shape index (κ3) is 4.06. The van der Waals surface area contributed by atoms with Crippen molar-refractivity contribution in [3.05, 3.63) is 45.9 Å². The van der Waals surface area contributed by atoms with Crippen molar-refractivity contribution in [3.8, 4) is 5.75 Å². The molecule has 2 aromatic rings. The van der Waals surface area contributed by atoms with Crippen LogP contribution in [0.5, 0.6) is 5.75 Å². The van der Waals surface area contributed by atoms with Crippen molar-refractivity contribution in [2.24, 2.45) is 0 Å². The summed E-state index contributed by atoms with van der Waals surface area (Å²) in [5.41, 5.74) is 1.99. The molecule has 0 radical (unpaired) electrons. The lowest BCUT2D eigenvalue weighted by molar-refractivity contribution is -0.121. The molecule has 1 aromatic heterocycles. The molecule has 4 nitrogen and oxygen atoms in total. The summed E-state index contributed by atoms with van der Waals surface area (Å²) in [6.07, 6.45) is 1.15. The van der Waals surface area contributed by atoms with E-state index in [-0.39, 0.29) is 5.91 Å². The van der Waals surface area contributed by atoms with Gasteiger partial charge >= 0.3 is 0 Å². The number of carbonyl (C=O) groups is 1. The molecule has 1 heterocycles. The first-order valence-electron chi connectivity index (χ1n) is 6.48. The van der Waals surface area contributed by atoms with Gasteiger partial charge in [-0.2, -0.15) is 0 Å². The maximum atomic E-state index is 11.8. The van der Waals surface area contributed by atoms with E-state index in [0.29, 0.717) is 19.4 Å². The predicted molar refractivity (Wildman–Crippen MR) is 80.0 cm³/mol. The number of methoxy groups -OCH3 is 1. The Hall–Kier alpha value is -1.88. The van der Waals surface area contributed by atoms with E-state index in [1.807, 2.05) is 36.6 Å². The van der Waals surface area contributed by atoms with Gasteiger partial charge in [0.1, 0.15) is 5.75 Å². The van der Waals surface area contributed by atoms with E-state index in [1.54, 1.807) is 18.4 Å². The number of amides is 1. The molecule has 0 aliphatic heterocycles. The molecule has 5 heteroatoms. The van der Waals surface area contributed by atoms with E-state index in [1.165, 1.54) is 0 Å². The average Bonchev–Trinajstić information content (AvgIpc) is 2.89. The van der Waals surface area contributed by atoms with Crippen molar-refractivity contribution in [1.82, 2.24) is 10.3 Å². The molecular formula is C15H18N2O2S. The van der Waals surface area contributed by atoms with Crippen LogP contribution in [0.15, 0.2) is 29.6 Å². The van der Waals surface area contributed by atoms with Crippen LogP contribution in [0.4, 0.5) is 0 Å². The highest BCUT2D eigenvalue weighted by Gasteiger charge is 2.06. The number of aryl methyl sites for hydroxylation is 2. The van der Waals surface area contributed by atoms with E-state index in [0.717, 1.165) is 22.0 Å². The first-order chi connectivity index (χ1) is 9.69. The predicted octanol–water partition coefficient (Wildman–Crippen LogP) is 2.71. The van der Waals surface area contributed by atoms with Crippen LogP contribution < -0.4 is 10.1 Å². The number of aromatic nitrogens is 1. The second-order valence-electron chi connectivity index (χ2n) is 4.47. The highest BCUT2D eigenvalue weighted by Crippen LogP contribution is 2.16. The van der Waals surface area contributed by atoms with E-state index >= 15 is 0 Å². The van der Waals surface area contributed by atoms with Crippen molar-refractivity contribution in [2.45, 2.75) is 26.3 Å². The summed E-state index contributed by atoms with van der Waals surface area (Å²) in [5, 5.41) is 5.92. The Balaban J connectivity index is 1.80. The van der Waals surface area contributed by atoms with Gasteiger partial charge < -0.3 is 10.1 Å². The van der Waals surface area contributed by atoms with Crippen LogP contribution in [0.1, 0.15) is 22.7 Å². The average molecular weight is 290 g/mol. The van der Waals surface area contributed by atoms with Gasteiger partial charge in [-0.1, -0.05) is 18.2 Å². The van der Waals surface area contributed by atoms with Crippen LogP contribution in [0.3, 0.4) is 0 Å². The second kappa shape index (κ2) is 7.05. The molecule has 106 valence electrons. The second-order valence-corrected chi connectivity index (χ2v) is 5.41. The van der Waals surface area contributed by atoms with Gasteiger partial charge in [-0.05, 0) is 13.0 Å². The Morgan fingerprint density at radius 3 is 2.90 bits per heavy atom. The molecule has 0 atom stereocenters. The summed E-state index contributed by atoms with van der Waals surface area (Å²) in [5.74, 6) is 0.826. The van der Waals surface area contributed by atoms with Gasteiger partial charge in [0.15, 0.2) is 0 Å². The fourth-order valence-corrected chi connectivity index (χ4v) is 2.65. The number of para-hydroxylation sites is 1. The standard InChI is InChI=1S/C15H18N2O2S/c1-11-10-20-15(17-11)8-7-14(18)16-9-12-5-3-4-6-13(12)19-2/h3-6,10H,7-9H2,1-2H3,(H,16,18). The summed E-state index contributed by atoms with van der Waals surface area (Å²) in [6, 6.07) is 7.68. The molecule has 0 aliphatic rings. The molecule has 1 amide bonds. The van der Waals surface area contributed by atoms with Crippen LogP contribution in [0.2, 0.25) is 0 Å². The van der Waals surface area contributed by atoms with Gasteiger partial charge in [-0.3, -0.25) is 4.79 Å². The van der Waals surface area contributed by atoms with Crippen molar-refractivity contribution >= 4 is 17.2 Å². The summed E-state index contributed by atoms with van der Waals surface area (Å²) < 4.78 is 5.25. The van der Waals surface area contributed by atoms with Gasteiger partial charge in [-0.25, -0.2) is 4.98 Å². The first kappa shape index (κ1) is 14.5. The SMILES string of the molecule is COc1ccccc1CNC(=O)CCc1nc(C)cs1. The highest BCUT2D eigenvalue weighted by molar-refractivity contribution is 7.09. The smallest absolute Gasteiger partial charge is 0.220 e. The van der Waals surface area contributed by atoms with Crippen molar-refractivity contribution < 1.29 is 9.53 Å². The third-order valence-corrected chi connectivity index (χ3v) is 3.93. The normalized spacial score (nSPS) is 10.3. The van der Waals surface area contributed by atoms with Gasteiger partial charge in [-0.15, -0.1) is 11.3 Å². The zero-order valence-corrected chi connectivity index (χ0v) is 12.5. The molecular weight excluding hydrogens is 272 g/mol. The summed E-state index contributed by atoms with van der Waals surface area (Å²) in [4.78, 5) is 16.2. The Morgan fingerprint density at radius 2 is 2.20 bits per heavy atom. The van der Waals surface area contributed by atoms with Gasteiger partial charge in [0, 0.05) is 36.0 Å². The number of carbonyl (C=O) groups excluding carboxylic acids is 1. The van der Waals surface area contributed by atoms with Gasteiger partial charge in [0.2, 0.25) is 5.91 Å². The van der Waals surface area contributed by atoms with E-state index in [9.17, 15) is 4.79 Å². The number of hydrogen-bond acceptors (Lipinski definition) is 4. The number of benzene rings is 1. The van der Waals surface area contributed by atoms with Crippen LogP contribution in [-0.2, 0) is 17.8 Å². The lowest BCUT2D eigenvalue weighted by atomic mass is 10.2. The van der Waals surface area contributed by atoms with Crippen LogP contribution in [0.25, 0.3) is 0 Å². The molecule has 0 saturated heterocycles. The molecule has 20 heavy (non-hydrogen) atoms. The van der Waals surface area contributed by atoms with Crippen LogP contribution in [0, 0.1) is 6.92 Å².